The third-order valence-corrected chi connectivity index (χ3v) is 4.42. The first-order valence-corrected chi connectivity index (χ1v) is 8.12. The molecule has 0 aliphatic carbocycles. The van der Waals surface area contributed by atoms with Gasteiger partial charge in [0.05, 0.1) is 0 Å². The number of aromatic nitrogens is 1. The van der Waals surface area contributed by atoms with Crippen molar-refractivity contribution in [2.24, 2.45) is 5.41 Å². The lowest BCUT2D eigenvalue weighted by Crippen LogP contribution is -2.34. The lowest BCUT2D eigenvalue weighted by molar-refractivity contribution is 0.334. The highest BCUT2D eigenvalue weighted by Gasteiger charge is 2.24. The Bertz CT molecular complexity index is 593. The number of anilines is 1. The van der Waals surface area contributed by atoms with Crippen LogP contribution in [0, 0.1) is 5.41 Å². The molecule has 0 saturated carbocycles. The average Bonchev–Trinajstić information content (AvgIpc) is 2.38. The second-order valence-corrected chi connectivity index (χ2v) is 7.27. The van der Waals surface area contributed by atoms with Crippen LogP contribution in [0.4, 0.5) is 5.82 Å². The van der Waals surface area contributed by atoms with Gasteiger partial charge in [0, 0.05) is 33.4 Å². The molecule has 1 unspecified atom stereocenters. The topological polar surface area (TPSA) is 24.9 Å². The molecule has 1 N–H and O–H groups in total. The van der Waals surface area contributed by atoms with Crippen LogP contribution in [0.25, 0.3) is 10.8 Å². The van der Waals surface area contributed by atoms with Crippen LogP contribution in [-0.4, -0.2) is 16.9 Å². The first kappa shape index (κ1) is 15.6. The van der Waals surface area contributed by atoms with Gasteiger partial charge in [0.1, 0.15) is 5.82 Å². The number of nitrogens with one attached hydrogen (secondary N) is 1. The molecule has 1 aromatic heterocycles. The number of benzene rings is 1. The molecule has 0 fully saturated rings. The molecule has 2 rings (SSSR count). The van der Waals surface area contributed by atoms with Crippen LogP contribution in [0.2, 0.25) is 0 Å². The highest BCUT2D eigenvalue weighted by molar-refractivity contribution is 9.10. The summed E-state index contributed by atoms with van der Waals surface area (Å²) in [5.41, 5.74) is 0.130. The van der Waals surface area contributed by atoms with Crippen LogP contribution in [-0.2, 0) is 0 Å². The summed E-state index contributed by atoms with van der Waals surface area (Å²) in [7, 11) is 0. The largest absolute Gasteiger partial charge is 0.366 e. The summed E-state index contributed by atoms with van der Waals surface area (Å²) < 4.78 is 1.09. The van der Waals surface area contributed by atoms with E-state index in [1.54, 1.807) is 0 Å². The number of hydrogen-bond acceptors (Lipinski definition) is 2. The zero-order valence-electron chi connectivity index (χ0n) is 12.1. The van der Waals surface area contributed by atoms with Gasteiger partial charge in [0.2, 0.25) is 0 Å². The maximum Gasteiger partial charge on any atom is 0.134 e. The van der Waals surface area contributed by atoms with E-state index in [0.29, 0.717) is 5.88 Å². The fraction of sp³-hybridized carbons (Fsp3) is 0.438. The van der Waals surface area contributed by atoms with E-state index in [2.05, 4.69) is 53.1 Å². The van der Waals surface area contributed by atoms with E-state index in [-0.39, 0.29) is 11.5 Å². The second kappa shape index (κ2) is 6.31. The van der Waals surface area contributed by atoms with E-state index in [0.717, 1.165) is 22.1 Å². The summed E-state index contributed by atoms with van der Waals surface area (Å²) >= 11 is 9.53. The summed E-state index contributed by atoms with van der Waals surface area (Å²) in [6, 6.07) is 8.49. The molecule has 1 aromatic carbocycles. The van der Waals surface area contributed by atoms with Gasteiger partial charge in [-0.2, -0.15) is 0 Å². The molecule has 0 aliphatic heterocycles. The number of halogens is 2. The molecule has 0 spiro atoms. The van der Waals surface area contributed by atoms with Crippen LogP contribution in [0.1, 0.15) is 27.2 Å². The number of fused-ring (bicyclic) bond motifs is 1. The zero-order valence-corrected chi connectivity index (χ0v) is 14.4. The highest BCUT2D eigenvalue weighted by Crippen LogP contribution is 2.31. The first-order valence-electron chi connectivity index (χ1n) is 6.79. The monoisotopic (exact) mass is 354 g/mol. The minimum Gasteiger partial charge on any atom is -0.366 e. The van der Waals surface area contributed by atoms with Crippen molar-refractivity contribution in [3.8, 4) is 0 Å². The first-order chi connectivity index (χ1) is 9.43. The van der Waals surface area contributed by atoms with Gasteiger partial charge in [-0.1, -0.05) is 48.8 Å². The Morgan fingerprint density at radius 3 is 2.65 bits per heavy atom. The predicted octanol–water partition coefficient (Wildman–Crippen LogP) is 5.45. The SMILES string of the molecule is CC(C)(C)C(CCCl)Nc1nccc2c(Br)cccc12. The van der Waals surface area contributed by atoms with Gasteiger partial charge in [-0.05, 0) is 24.0 Å². The molecule has 0 saturated heterocycles. The standard InChI is InChI=1S/C16H20BrClN2/c1-16(2,3)14(7-9-18)20-15-12-5-4-6-13(17)11(12)8-10-19-15/h4-6,8,10,14H,7,9H2,1-3H3,(H,19,20). The van der Waals surface area contributed by atoms with Crippen molar-refractivity contribution in [2.45, 2.75) is 33.2 Å². The van der Waals surface area contributed by atoms with E-state index in [4.69, 9.17) is 11.6 Å². The van der Waals surface area contributed by atoms with Crippen molar-refractivity contribution >= 4 is 44.1 Å². The summed E-state index contributed by atoms with van der Waals surface area (Å²) in [6.07, 6.45) is 2.76. The summed E-state index contributed by atoms with van der Waals surface area (Å²) in [6.45, 7) is 6.66. The second-order valence-electron chi connectivity index (χ2n) is 6.04. The van der Waals surface area contributed by atoms with Crippen molar-refractivity contribution in [2.75, 3.05) is 11.2 Å². The highest BCUT2D eigenvalue weighted by atomic mass is 79.9. The van der Waals surface area contributed by atoms with Crippen LogP contribution in [0.5, 0.6) is 0 Å². The smallest absolute Gasteiger partial charge is 0.134 e. The lowest BCUT2D eigenvalue weighted by Gasteiger charge is -2.32. The molecule has 0 aliphatic rings. The molecular weight excluding hydrogens is 336 g/mol. The lowest BCUT2D eigenvalue weighted by atomic mass is 9.85. The van der Waals surface area contributed by atoms with E-state index >= 15 is 0 Å². The van der Waals surface area contributed by atoms with Crippen molar-refractivity contribution in [1.82, 2.24) is 4.98 Å². The van der Waals surface area contributed by atoms with Gasteiger partial charge >= 0.3 is 0 Å². The minimum atomic E-state index is 0.130. The number of pyridine rings is 1. The average molecular weight is 356 g/mol. The number of nitrogens with zero attached hydrogens (tertiary/aromatic N) is 1. The van der Waals surface area contributed by atoms with Crippen molar-refractivity contribution in [3.05, 3.63) is 34.9 Å². The normalized spacial score (nSPS) is 13.4. The van der Waals surface area contributed by atoms with Crippen LogP contribution in [0.15, 0.2) is 34.9 Å². The molecular formula is C16H20BrClN2. The molecule has 4 heteroatoms. The molecule has 2 aromatic rings. The van der Waals surface area contributed by atoms with Crippen molar-refractivity contribution in [3.63, 3.8) is 0 Å². The van der Waals surface area contributed by atoms with Gasteiger partial charge in [-0.25, -0.2) is 4.98 Å². The Kier molecular flexibility index (Phi) is 4.92. The third kappa shape index (κ3) is 3.44. The molecule has 1 heterocycles. The molecule has 108 valence electrons. The van der Waals surface area contributed by atoms with Gasteiger partial charge in [-0.15, -0.1) is 11.6 Å². The minimum absolute atomic E-state index is 0.130. The Balaban J connectivity index is 2.40. The Morgan fingerprint density at radius 1 is 1.25 bits per heavy atom. The van der Waals surface area contributed by atoms with E-state index in [9.17, 15) is 0 Å². The number of alkyl halides is 1. The van der Waals surface area contributed by atoms with Gasteiger partial charge in [0.15, 0.2) is 0 Å². The van der Waals surface area contributed by atoms with Gasteiger partial charge in [-0.3, -0.25) is 0 Å². The fourth-order valence-corrected chi connectivity index (χ4v) is 3.00. The summed E-state index contributed by atoms with van der Waals surface area (Å²) in [4.78, 5) is 4.51. The Labute approximate surface area is 134 Å². The molecule has 1 atom stereocenters. The van der Waals surface area contributed by atoms with Crippen LogP contribution >= 0.6 is 27.5 Å². The predicted molar refractivity (Wildman–Crippen MR) is 91.6 cm³/mol. The van der Waals surface area contributed by atoms with E-state index in [1.165, 1.54) is 5.39 Å². The molecule has 0 bridgehead atoms. The van der Waals surface area contributed by atoms with Gasteiger partial charge in [0.25, 0.3) is 0 Å². The molecule has 20 heavy (non-hydrogen) atoms. The van der Waals surface area contributed by atoms with Crippen LogP contribution < -0.4 is 5.32 Å². The Hall–Kier alpha value is -0.800. The van der Waals surface area contributed by atoms with E-state index in [1.807, 2.05) is 24.4 Å². The molecule has 2 nitrogen and oxygen atoms in total. The maximum absolute atomic E-state index is 5.94. The molecule has 0 radical (unpaired) electrons. The van der Waals surface area contributed by atoms with E-state index < -0.39 is 0 Å². The third-order valence-electron chi connectivity index (χ3n) is 3.51. The summed E-state index contributed by atoms with van der Waals surface area (Å²) in [5.74, 6) is 1.57. The fourth-order valence-electron chi connectivity index (χ4n) is 2.28. The van der Waals surface area contributed by atoms with Crippen molar-refractivity contribution < 1.29 is 0 Å². The zero-order chi connectivity index (χ0) is 14.8. The Morgan fingerprint density at radius 2 is 2.00 bits per heavy atom. The summed E-state index contributed by atoms with van der Waals surface area (Å²) in [5, 5.41) is 5.87. The quantitative estimate of drug-likeness (QED) is 0.737. The maximum atomic E-state index is 5.94. The van der Waals surface area contributed by atoms with Crippen LogP contribution in [0.3, 0.4) is 0 Å². The van der Waals surface area contributed by atoms with Gasteiger partial charge < -0.3 is 5.32 Å². The molecule has 0 amide bonds. The number of hydrogen-bond donors (Lipinski definition) is 1. The number of rotatable bonds is 4. The van der Waals surface area contributed by atoms with Crippen molar-refractivity contribution in [1.29, 1.82) is 0 Å².